The molecular weight excluding hydrogens is 431 g/mol. The Labute approximate surface area is 180 Å². The predicted octanol–water partition coefficient (Wildman–Crippen LogP) is 4.56. The van der Waals surface area contributed by atoms with E-state index in [0.29, 0.717) is 16.4 Å². The number of anilines is 1. The molecular formula is C21H18F3N3O3S. The van der Waals surface area contributed by atoms with Crippen LogP contribution in [-0.4, -0.2) is 27.3 Å². The number of rotatable bonds is 6. The number of carbonyl (C=O) groups is 1. The maximum absolute atomic E-state index is 12.5. The van der Waals surface area contributed by atoms with Crippen molar-refractivity contribution in [2.45, 2.75) is 30.5 Å². The van der Waals surface area contributed by atoms with Crippen LogP contribution in [0.5, 0.6) is 5.75 Å². The van der Waals surface area contributed by atoms with Gasteiger partial charge < -0.3 is 10.1 Å². The molecule has 0 aliphatic carbocycles. The third-order valence-electron chi connectivity index (χ3n) is 4.08. The zero-order chi connectivity index (χ0) is 22.6. The smallest absolute Gasteiger partial charge is 0.406 e. The third-order valence-corrected chi connectivity index (χ3v) is 5.10. The second-order valence-electron chi connectivity index (χ2n) is 6.58. The van der Waals surface area contributed by atoms with E-state index in [0.717, 1.165) is 29.5 Å². The topological polar surface area (TPSA) is 73.2 Å². The first kappa shape index (κ1) is 22.4. The van der Waals surface area contributed by atoms with Gasteiger partial charge in [-0.25, -0.2) is 0 Å². The molecule has 0 spiro atoms. The van der Waals surface area contributed by atoms with Gasteiger partial charge in [-0.1, -0.05) is 29.5 Å². The summed E-state index contributed by atoms with van der Waals surface area (Å²) < 4.78 is 41.7. The van der Waals surface area contributed by atoms with Crippen LogP contribution in [0.25, 0.3) is 5.69 Å². The predicted molar refractivity (Wildman–Crippen MR) is 112 cm³/mol. The number of ether oxygens (including phenoxy) is 1. The number of amides is 1. The minimum atomic E-state index is -4.78. The zero-order valence-corrected chi connectivity index (χ0v) is 17.3. The molecule has 6 nitrogen and oxygen atoms in total. The van der Waals surface area contributed by atoms with E-state index in [4.69, 9.17) is 0 Å². The van der Waals surface area contributed by atoms with Gasteiger partial charge in [0.15, 0.2) is 0 Å². The van der Waals surface area contributed by atoms with Crippen molar-refractivity contribution in [2.75, 3.05) is 5.32 Å². The number of aryl methyl sites for hydroxylation is 1. The average molecular weight is 449 g/mol. The average Bonchev–Trinajstić information content (AvgIpc) is 2.70. The van der Waals surface area contributed by atoms with Crippen LogP contribution in [-0.2, 0) is 4.79 Å². The molecule has 3 aromatic rings. The van der Waals surface area contributed by atoms with Crippen LogP contribution in [0.4, 0.5) is 18.9 Å². The van der Waals surface area contributed by atoms with Crippen LogP contribution in [0, 0.1) is 6.92 Å². The number of halogens is 3. The first-order chi connectivity index (χ1) is 14.6. The highest BCUT2D eigenvalue weighted by Gasteiger charge is 2.31. The summed E-state index contributed by atoms with van der Waals surface area (Å²) >= 11 is 1.15. The first-order valence-electron chi connectivity index (χ1n) is 9.11. The van der Waals surface area contributed by atoms with Crippen LogP contribution >= 0.6 is 11.8 Å². The van der Waals surface area contributed by atoms with Gasteiger partial charge in [0, 0.05) is 11.8 Å². The lowest BCUT2D eigenvalue weighted by atomic mass is 10.2. The Bertz CT molecular complexity index is 1110. The van der Waals surface area contributed by atoms with Crippen molar-refractivity contribution in [1.82, 2.24) is 9.78 Å². The van der Waals surface area contributed by atoms with E-state index in [1.54, 1.807) is 19.1 Å². The molecule has 1 aromatic heterocycles. The number of carbonyl (C=O) groups excluding carboxylic acids is 1. The number of thioether (sulfide) groups is 1. The molecule has 0 aliphatic heterocycles. The number of hydrogen-bond donors (Lipinski definition) is 1. The van der Waals surface area contributed by atoms with Crippen LogP contribution < -0.4 is 15.6 Å². The van der Waals surface area contributed by atoms with Gasteiger partial charge in [0.25, 0.3) is 5.56 Å². The van der Waals surface area contributed by atoms with Crippen molar-refractivity contribution in [3.63, 3.8) is 0 Å². The van der Waals surface area contributed by atoms with Crippen LogP contribution in [0.3, 0.4) is 0 Å². The van der Waals surface area contributed by atoms with Gasteiger partial charge in [-0.2, -0.15) is 9.78 Å². The number of benzene rings is 2. The molecule has 2 aromatic carbocycles. The largest absolute Gasteiger partial charge is 0.573 e. The molecule has 1 N–H and O–H groups in total. The number of nitrogens with zero attached hydrogens (tertiary/aromatic N) is 2. The minimum Gasteiger partial charge on any atom is -0.406 e. The minimum absolute atomic E-state index is 0.300. The van der Waals surface area contributed by atoms with Gasteiger partial charge in [-0.15, -0.1) is 13.2 Å². The van der Waals surface area contributed by atoms with E-state index < -0.39 is 11.6 Å². The summed E-state index contributed by atoms with van der Waals surface area (Å²) in [6, 6.07) is 15.0. The van der Waals surface area contributed by atoms with Gasteiger partial charge in [0.2, 0.25) is 5.91 Å². The Morgan fingerprint density at radius 3 is 2.32 bits per heavy atom. The summed E-state index contributed by atoms with van der Waals surface area (Å²) in [7, 11) is 0. The maximum Gasteiger partial charge on any atom is 0.573 e. The Kier molecular flexibility index (Phi) is 6.69. The Morgan fingerprint density at radius 2 is 1.71 bits per heavy atom. The molecule has 0 aliphatic rings. The van der Waals surface area contributed by atoms with E-state index >= 15 is 0 Å². The lowest BCUT2D eigenvalue weighted by Gasteiger charge is -2.13. The Morgan fingerprint density at radius 1 is 1.06 bits per heavy atom. The van der Waals surface area contributed by atoms with Crippen molar-refractivity contribution < 1.29 is 22.7 Å². The van der Waals surface area contributed by atoms with Crippen molar-refractivity contribution in [2.24, 2.45) is 0 Å². The fraction of sp³-hybridized carbons (Fsp3) is 0.190. The van der Waals surface area contributed by atoms with Gasteiger partial charge in [0.1, 0.15) is 10.8 Å². The number of hydrogen-bond acceptors (Lipinski definition) is 5. The van der Waals surface area contributed by atoms with Crippen molar-refractivity contribution in [1.29, 1.82) is 0 Å². The lowest BCUT2D eigenvalue weighted by molar-refractivity contribution is -0.274. The summed E-state index contributed by atoms with van der Waals surface area (Å²) in [6.45, 7) is 3.59. The highest BCUT2D eigenvalue weighted by Crippen LogP contribution is 2.25. The first-order valence-corrected chi connectivity index (χ1v) is 9.99. The maximum atomic E-state index is 12.5. The fourth-order valence-corrected chi connectivity index (χ4v) is 3.35. The summed E-state index contributed by atoms with van der Waals surface area (Å²) in [5.74, 6) is -0.750. The molecule has 31 heavy (non-hydrogen) atoms. The second-order valence-corrected chi connectivity index (χ2v) is 7.94. The molecule has 10 heteroatoms. The number of aromatic nitrogens is 2. The molecule has 0 fully saturated rings. The normalized spacial score (nSPS) is 12.3. The molecule has 0 unspecified atom stereocenters. The molecule has 1 heterocycles. The van der Waals surface area contributed by atoms with E-state index in [2.05, 4.69) is 15.2 Å². The molecule has 0 saturated heterocycles. The summed E-state index contributed by atoms with van der Waals surface area (Å²) in [6.07, 6.45) is -4.78. The van der Waals surface area contributed by atoms with Crippen molar-refractivity contribution in [3.8, 4) is 11.4 Å². The molecule has 0 saturated carbocycles. The lowest BCUT2D eigenvalue weighted by Crippen LogP contribution is -2.24. The Balaban J connectivity index is 1.66. The molecule has 3 rings (SSSR count). The highest BCUT2D eigenvalue weighted by atomic mass is 32.2. The molecule has 1 amide bonds. The van der Waals surface area contributed by atoms with Gasteiger partial charge >= 0.3 is 6.36 Å². The monoisotopic (exact) mass is 449 g/mol. The van der Waals surface area contributed by atoms with Crippen LogP contribution in [0.2, 0.25) is 0 Å². The fourth-order valence-electron chi connectivity index (χ4n) is 2.55. The van der Waals surface area contributed by atoms with Gasteiger partial charge in [0.05, 0.1) is 10.9 Å². The zero-order valence-electron chi connectivity index (χ0n) is 16.5. The molecule has 0 bridgehead atoms. The van der Waals surface area contributed by atoms with E-state index in [1.165, 1.54) is 28.9 Å². The molecule has 0 radical (unpaired) electrons. The summed E-state index contributed by atoms with van der Waals surface area (Å²) in [4.78, 5) is 24.6. The number of nitrogens with one attached hydrogen (secondary N) is 1. The van der Waals surface area contributed by atoms with Crippen molar-refractivity contribution in [3.05, 3.63) is 76.6 Å². The van der Waals surface area contributed by atoms with Crippen molar-refractivity contribution >= 4 is 23.4 Å². The standard InChI is InChI=1S/C21H18F3N3O3S/c1-13-3-7-16(8-4-13)27-19(28)12-11-18(26-27)31-14(2)20(29)25-15-5-9-17(10-6-15)30-21(22,23)24/h3-12,14H,1-2H3,(H,25,29)/t14-/m0/s1. The van der Waals surface area contributed by atoms with Crippen LogP contribution in [0.15, 0.2) is 70.5 Å². The number of alkyl halides is 3. The Hall–Kier alpha value is -3.27. The third kappa shape index (κ3) is 6.35. The van der Waals surface area contributed by atoms with E-state index in [-0.39, 0.29) is 17.2 Å². The quantitative estimate of drug-likeness (QED) is 0.559. The molecule has 1 atom stereocenters. The SMILES string of the molecule is Cc1ccc(-n2nc(S[C@@H](C)C(=O)Nc3ccc(OC(F)(F)F)cc3)ccc2=O)cc1. The van der Waals surface area contributed by atoms with E-state index in [1.807, 2.05) is 19.1 Å². The highest BCUT2D eigenvalue weighted by molar-refractivity contribution is 8.00. The summed E-state index contributed by atoms with van der Waals surface area (Å²) in [5, 5.41) is 6.82. The second kappa shape index (κ2) is 9.25. The van der Waals surface area contributed by atoms with Crippen LogP contribution in [0.1, 0.15) is 12.5 Å². The van der Waals surface area contributed by atoms with E-state index in [9.17, 15) is 22.8 Å². The van der Waals surface area contributed by atoms with Gasteiger partial charge in [-0.05, 0) is 56.3 Å². The molecule has 162 valence electrons. The van der Waals surface area contributed by atoms with Gasteiger partial charge in [-0.3, -0.25) is 9.59 Å². The summed E-state index contributed by atoms with van der Waals surface area (Å²) in [5.41, 5.74) is 1.68.